The highest BCUT2D eigenvalue weighted by atomic mass is 19.4. The number of hydrogen-bond donors (Lipinski definition) is 2. The number of carbonyl (C=O) groups excluding carboxylic acids is 2. The molecule has 1 aliphatic rings. The van der Waals surface area contributed by atoms with Gasteiger partial charge >= 0.3 is 12.4 Å². The lowest BCUT2D eigenvalue weighted by molar-refractivity contribution is -0.143. The van der Waals surface area contributed by atoms with Gasteiger partial charge in [0.15, 0.2) is 5.65 Å². The minimum atomic E-state index is -5.05. The maximum Gasteiger partial charge on any atom is 0.416 e. The first kappa shape index (κ1) is 28.6. The Balaban J connectivity index is 1.66. The number of likely N-dealkylation sites (tertiary alicyclic amines) is 1. The molecule has 2 aromatic heterocycles. The van der Waals surface area contributed by atoms with Gasteiger partial charge in [0.1, 0.15) is 11.6 Å². The van der Waals surface area contributed by atoms with E-state index in [9.17, 15) is 35.9 Å². The molecule has 210 valence electrons. The van der Waals surface area contributed by atoms with Gasteiger partial charge in [0.2, 0.25) is 5.91 Å². The molecular formula is C26H22F6N6O2. The van der Waals surface area contributed by atoms with Crippen molar-refractivity contribution in [2.45, 2.75) is 38.2 Å². The van der Waals surface area contributed by atoms with Gasteiger partial charge in [-0.05, 0) is 43.5 Å². The Morgan fingerprint density at radius 3 is 2.25 bits per heavy atom. The van der Waals surface area contributed by atoms with E-state index >= 15 is 0 Å². The van der Waals surface area contributed by atoms with Gasteiger partial charge < -0.3 is 15.2 Å². The Kier molecular flexibility index (Phi) is 7.60. The minimum Gasteiger partial charge on any atom is -0.344 e. The van der Waals surface area contributed by atoms with Gasteiger partial charge in [-0.25, -0.2) is 9.97 Å². The topological polar surface area (TPSA) is 115 Å². The number of H-pyrrole nitrogens is 1. The summed E-state index contributed by atoms with van der Waals surface area (Å²) in [6.45, 7) is 5.98. The number of aromatic nitrogens is 3. The molecule has 40 heavy (non-hydrogen) atoms. The van der Waals surface area contributed by atoms with Crippen molar-refractivity contribution in [3.63, 3.8) is 0 Å². The molecule has 3 aromatic rings. The first-order valence-corrected chi connectivity index (χ1v) is 12.0. The standard InChI is InChI=1S/C26H22F6N6O2/c1-13(2)20(24(40)38-5-3-14(10-33)4-6-38)37-23(39)18-11-34-22-21(18)36-19(12-35-22)15-7-16(25(27,28)29)9-17(8-15)26(30,31)32/h7-9,11-12,14,20H,1,3-6H2,2H3,(H,34,35)(H,37,39)/t20-/m1/s1. The van der Waals surface area contributed by atoms with Crippen LogP contribution in [0.1, 0.15) is 41.3 Å². The first-order chi connectivity index (χ1) is 18.7. The number of halogens is 6. The highest BCUT2D eigenvalue weighted by Crippen LogP contribution is 2.38. The van der Waals surface area contributed by atoms with Crippen molar-refractivity contribution >= 4 is 23.0 Å². The molecule has 3 heterocycles. The summed E-state index contributed by atoms with van der Waals surface area (Å²) in [6, 6.07) is 2.08. The largest absolute Gasteiger partial charge is 0.416 e. The van der Waals surface area contributed by atoms with E-state index < -0.39 is 46.9 Å². The molecule has 0 radical (unpaired) electrons. The number of nitriles is 1. The number of carbonyl (C=O) groups is 2. The number of nitrogens with zero attached hydrogens (tertiary/aromatic N) is 4. The summed E-state index contributed by atoms with van der Waals surface area (Å²) in [4.78, 5) is 38.6. The van der Waals surface area contributed by atoms with E-state index in [1.807, 2.05) is 0 Å². The average molecular weight is 564 g/mol. The van der Waals surface area contributed by atoms with E-state index in [4.69, 9.17) is 5.26 Å². The fourth-order valence-electron chi connectivity index (χ4n) is 4.32. The van der Waals surface area contributed by atoms with Crippen molar-refractivity contribution in [3.05, 3.63) is 59.4 Å². The summed E-state index contributed by atoms with van der Waals surface area (Å²) in [5.41, 5.74) is -3.74. The lowest BCUT2D eigenvalue weighted by Gasteiger charge is -2.32. The van der Waals surface area contributed by atoms with Crippen molar-refractivity contribution < 1.29 is 35.9 Å². The summed E-state index contributed by atoms with van der Waals surface area (Å²) in [5.74, 6) is -1.37. The zero-order valence-electron chi connectivity index (χ0n) is 21.0. The second kappa shape index (κ2) is 10.6. The zero-order chi connectivity index (χ0) is 29.4. The summed E-state index contributed by atoms with van der Waals surface area (Å²) < 4.78 is 80.0. The predicted octanol–water partition coefficient (Wildman–Crippen LogP) is 5.10. The molecule has 1 fully saturated rings. The van der Waals surface area contributed by atoms with Crippen LogP contribution in [0.15, 0.2) is 42.7 Å². The van der Waals surface area contributed by atoms with Crippen molar-refractivity contribution in [3.8, 4) is 17.3 Å². The number of hydrogen-bond acceptors (Lipinski definition) is 5. The van der Waals surface area contributed by atoms with Crippen molar-refractivity contribution in [2.75, 3.05) is 13.1 Å². The van der Waals surface area contributed by atoms with Gasteiger partial charge in [-0.15, -0.1) is 0 Å². The van der Waals surface area contributed by atoms with E-state index in [-0.39, 0.29) is 34.4 Å². The number of fused-ring (bicyclic) bond motifs is 1. The Labute approximate surface area is 223 Å². The van der Waals surface area contributed by atoms with E-state index in [2.05, 4.69) is 32.9 Å². The number of alkyl halides is 6. The van der Waals surface area contributed by atoms with Crippen LogP contribution in [-0.2, 0) is 17.1 Å². The van der Waals surface area contributed by atoms with Crippen LogP contribution in [0, 0.1) is 17.2 Å². The number of rotatable bonds is 5. The Hall–Kier alpha value is -4.41. The number of nitrogens with one attached hydrogen (secondary N) is 2. The molecule has 0 unspecified atom stereocenters. The van der Waals surface area contributed by atoms with E-state index in [0.29, 0.717) is 43.6 Å². The van der Waals surface area contributed by atoms with Gasteiger partial charge in [0.05, 0.1) is 34.7 Å². The quantitative estimate of drug-likeness (QED) is 0.331. The highest BCUT2D eigenvalue weighted by Gasteiger charge is 2.37. The van der Waals surface area contributed by atoms with Crippen LogP contribution in [0.2, 0.25) is 0 Å². The molecule has 1 aromatic carbocycles. The molecular weight excluding hydrogens is 542 g/mol. The normalized spacial score (nSPS) is 15.5. The molecule has 2 amide bonds. The fourth-order valence-corrected chi connectivity index (χ4v) is 4.32. The summed E-state index contributed by atoms with van der Waals surface area (Å²) in [6.07, 6.45) is -6.92. The van der Waals surface area contributed by atoms with Crippen molar-refractivity contribution in [1.82, 2.24) is 25.2 Å². The molecule has 0 aliphatic carbocycles. The van der Waals surface area contributed by atoms with Gasteiger partial charge in [0, 0.05) is 30.8 Å². The maximum absolute atomic E-state index is 13.3. The van der Waals surface area contributed by atoms with Crippen molar-refractivity contribution in [2.24, 2.45) is 5.92 Å². The Bertz CT molecular complexity index is 1480. The minimum absolute atomic E-state index is 0.00219. The molecule has 0 spiro atoms. The predicted molar refractivity (Wildman–Crippen MR) is 130 cm³/mol. The first-order valence-electron chi connectivity index (χ1n) is 12.0. The van der Waals surface area contributed by atoms with Crippen LogP contribution in [0.5, 0.6) is 0 Å². The fraction of sp³-hybridized carbons (Fsp3) is 0.346. The van der Waals surface area contributed by atoms with Crippen LogP contribution in [0.4, 0.5) is 26.3 Å². The second-order valence-corrected chi connectivity index (χ2v) is 9.43. The van der Waals surface area contributed by atoms with Crippen LogP contribution in [0.3, 0.4) is 0 Å². The van der Waals surface area contributed by atoms with Crippen molar-refractivity contribution in [1.29, 1.82) is 5.26 Å². The monoisotopic (exact) mass is 564 g/mol. The van der Waals surface area contributed by atoms with Crippen LogP contribution in [-0.4, -0.2) is 50.8 Å². The van der Waals surface area contributed by atoms with Gasteiger partial charge in [-0.1, -0.05) is 6.58 Å². The Morgan fingerprint density at radius 1 is 1.12 bits per heavy atom. The molecule has 1 saturated heterocycles. The molecule has 4 rings (SSSR count). The SMILES string of the molecule is C=C(C)[C@@H](NC(=O)c1c[nH]c2ncc(-c3cc(C(F)(F)F)cc(C(F)(F)F)c3)nc12)C(=O)N1CCC(C#N)CC1. The third kappa shape index (κ3) is 5.93. The third-order valence-electron chi connectivity index (χ3n) is 6.51. The molecule has 8 nitrogen and oxygen atoms in total. The van der Waals surface area contributed by atoms with E-state index in [1.54, 1.807) is 6.92 Å². The number of amides is 2. The second-order valence-electron chi connectivity index (χ2n) is 9.43. The molecule has 1 aliphatic heterocycles. The van der Waals surface area contributed by atoms with Crippen LogP contribution >= 0.6 is 0 Å². The summed E-state index contributed by atoms with van der Waals surface area (Å²) >= 11 is 0. The third-order valence-corrected chi connectivity index (χ3v) is 6.51. The van der Waals surface area contributed by atoms with Crippen LogP contribution < -0.4 is 5.32 Å². The number of aromatic amines is 1. The molecule has 1 atom stereocenters. The van der Waals surface area contributed by atoms with E-state index in [0.717, 1.165) is 6.20 Å². The van der Waals surface area contributed by atoms with Crippen LogP contribution in [0.25, 0.3) is 22.4 Å². The van der Waals surface area contributed by atoms with Gasteiger partial charge in [-0.2, -0.15) is 31.6 Å². The molecule has 14 heteroatoms. The summed E-state index contributed by atoms with van der Waals surface area (Å²) in [5, 5.41) is 11.6. The Morgan fingerprint density at radius 2 is 1.73 bits per heavy atom. The van der Waals surface area contributed by atoms with Gasteiger partial charge in [-0.3, -0.25) is 9.59 Å². The lowest BCUT2D eigenvalue weighted by atomic mass is 9.97. The number of benzene rings is 1. The lowest BCUT2D eigenvalue weighted by Crippen LogP contribution is -2.51. The smallest absolute Gasteiger partial charge is 0.344 e. The highest BCUT2D eigenvalue weighted by molar-refractivity contribution is 6.06. The maximum atomic E-state index is 13.3. The van der Waals surface area contributed by atoms with Gasteiger partial charge in [0.25, 0.3) is 5.91 Å². The number of piperidine rings is 1. The summed E-state index contributed by atoms with van der Waals surface area (Å²) in [7, 11) is 0. The average Bonchev–Trinajstić information content (AvgIpc) is 3.33. The molecule has 2 N–H and O–H groups in total. The molecule has 0 saturated carbocycles. The molecule has 0 bridgehead atoms. The van der Waals surface area contributed by atoms with E-state index in [1.165, 1.54) is 11.1 Å². The zero-order valence-corrected chi connectivity index (χ0v) is 21.0.